The molecule has 0 unspecified atom stereocenters. The number of unbranched alkanes of at least 4 members (excludes halogenated alkanes) is 2. The Labute approximate surface area is 49.2 Å². The second-order valence-corrected chi connectivity index (χ2v) is 1.48. The van der Waals surface area contributed by atoms with Crippen LogP contribution in [0.4, 0.5) is 0 Å². The Kier molecular flexibility index (Phi) is 5.45. The van der Waals surface area contributed by atoms with E-state index in [0.29, 0.717) is 0 Å². The first-order chi connectivity index (χ1) is 3.91. The summed E-state index contributed by atoms with van der Waals surface area (Å²) in [5, 5.41) is 13.1. The molecule has 0 aliphatic rings. The molecular formula is C6H10N2. The number of allylic oxidation sites excluding steroid dienone is 1. The summed E-state index contributed by atoms with van der Waals surface area (Å²) < 4.78 is 0. The molecule has 0 aliphatic carbocycles. The van der Waals surface area contributed by atoms with Crippen LogP contribution < -0.4 is 0 Å². The first-order valence-electron chi connectivity index (χ1n) is 2.64. The highest BCUT2D eigenvalue weighted by atomic mass is 14.3. The normalized spacial score (nSPS) is 7.50. The van der Waals surface area contributed by atoms with Gasteiger partial charge in [0.25, 0.3) is 0 Å². The molecule has 2 heteroatoms. The van der Waals surface area contributed by atoms with Crippen molar-refractivity contribution in [1.82, 2.24) is 0 Å². The maximum absolute atomic E-state index is 6.63. The molecule has 0 heterocycles. The summed E-state index contributed by atoms with van der Waals surface area (Å²) in [6, 6.07) is 0. The molecule has 0 aromatic rings. The van der Waals surface area contributed by atoms with Crippen molar-refractivity contribution >= 4 is 12.1 Å². The van der Waals surface area contributed by atoms with Crippen molar-refractivity contribution in [3.05, 3.63) is 6.08 Å². The topological polar surface area (TPSA) is 47.7 Å². The molecule has 0 radical (unpaired) electrons. The largest absolute Gasteiger partial charge is 0.313 e. The lowest BCUT2D eigenvalue weighted by atomic mass is 10.2. The number of hydrogen-bond donors (Lipinski definition) is 2. The van der Waals surface area contributed by atoms with Crippen LogP contribution in [-0.2, 0) is 0 Å². The van der Waals surface area contributed by atoms with Crippen LogP contribution >= 0.6 is 0 Å². The highest BCUT2D eigenvalue weighted by Gasteiger charge is 1.76. The minimum absolute atomic E-state index is 0.818. The van der Waals surface area contributed by atoms with Gasteiger partial charge in [-0.15, -0.1) is 0 Å². The van der Waals surface area contributed by atoms with Gasteiger partial charge in [0.05, 0.1) is 0 Å². The van der Waals surface area contributed by atoms with Gasteiger partial charge >= 0.3 is 0 Å². The third kappa shape index (κ3) is 5.12. The third-order valence-electron chi connectivity index (χ3n) is 0.799. The van der Waals surface area contributed by atoms with Crippen LogP contribution in [0.2, 0.25) is 0 Å². The maximum Gasteiger partial charge on any atom is -0.00476 e. The summed E-state index contributed by atoms with van der Waals surface area (Å²) in [5.74, 6) is 2.18. The molecule has 8 heavy (non-hydrogen) atoms. The van der Waals surface area contributed by atoms with Crippen molar-refractivity contribution in [3.63, 3.8) is 0 Å². The Morgan fingerprint density at radius 1 is 1.38 bits per heavy atom. The second kappa shape index (κ2) is 6.12. The van der Waals surface area contributed by atoms with Gasteiger partial charge < -0.3 is 5.41 Å². The average molecular weight is 110 g/mol. The summed E-state index contributed by atoms with van der Waals surface area (Å²) in [7, 11) is 0. The van der Waals surface area contributed by atoms with Crippen LogP contribution in [0.1, 0.15) is 19.3 Å². The molecule has 0 aromatic heterocycles. The predicted octanol–water partition coefficient (Wildman–Crippen LogP) is 1.61. The number of rotatable bonds is 4. The van der Waals surface area contributed by atoms with Crippen molar-refractivity contribution < 1.29 is 0 Å². The van der Waals surface area contributed by atoms with Crippen LogP contribution in [0, 0.1) is 10.8 Å². The Bertz CT molecular complexity index is 101. The minimum Gasteiger partial charge on any atom is -0.313 e. The molecule has 44 valence electrons. The molecule has 0 fully saturated rings. The smallest absolute Gasteiger partial charge is 0.00476 e. The maximum atomic E-state index is 6.63. The lowest BCUT2D eigenvalue weighted by molar-refractivity contribution is 0.905. The zero-order valence-electron chi connectivity index (χ0n) is 4.78. The summed E-state index contributed by atoms with van der Waals surface area (Å²) in [6.45, 7) is 0. The quantitative estimate of drug-likeness (QED) is 0.408. The van der Waals surface area contributed by atoms with E-state index in [4.69, 9.17) is 10.8 Å². The summed E-state index contributed by atoms with van der Waals surface area (Å²) >= 11 is 0. The van der Waals surface area contributed by atoms with Crippen molar-refractivity contribution in [2.24, 2.45) is 0 Å². The Hall–Kier alpha value is -0.880. The fraction of sp³-hybridized carbons (Fsp3) is 0.500. The molecular weight excluding hydrogens is 100 g/mol. The molecule has 0 saturated carbocycles. The van der Waals surface area contributed by atoms with E-state index in [1.165, 1.54) is 6.21 Å². The van der Waals surface area contributed by atoms with Gasteiger partial charge in [-0.1, -0.05) is 0 Å². The molecule has 2 N–H and O–H groups in total. The zero-order chi connectivity index (χ0) is 6.24. The van der Waals surface area contributed by atoms with Crippen LogP contribution in [-0.4, -0.2) is 12.1 Å². The third-order valence-corrected chi connectivity index (χ3v) is 0.799. The van der Waals surface area contributed by atoms with Crippen molar-refractivity contribution in [1.29, 1.82) is 10.8 Å². The van der Waals surface area contributed by atoms with E-state index in [0.717, 1.165) is 19.3 Å². The van der Waals surface area contributed by atoms with E-state index in [1.54, 1.807) is 6.08 Å². The van der Waals surface area contributed by atoms with Crippen molar-refractivity contribution in [2.45, 2.75) is 19.3 Å². The fourth-order valence-electron chi connectivity index (χ4n) is 0.394. The Balaban J connectivity index is 2.93. The number of hydrogen-bond acceptors (Lipinski definition) is 2. The van der Waals surface area contributed by atoms with Crippen LogP contribution in [0.3, 0.4) is 0 Å². The molecule has 0 aliphatic heterocycles. The van der Waals surface area contributed by atoms with Crippen LogP contribution in [0.5, 0.6) is 0 Å². The van der Waals surface area contributed by atoms with Gasteiger partial charge in [0.2, 0.25) is 0 Å². The van der Waals surface area contributed by atoms with Gasteiger partial charge in [0, 0.05) is 0 Å². The highest BCUT2D eigenvalue weighted by Crippen LogP contribution is 1.90. The molecule has 0 spiro atoms. The summed E-state index contributed by atoms with van der Waals surface area (Å²) in [6.07, 6.45) is 5.72. The minimum atomic E-state index is 0.818. The second-order valence-electron chi connectivity index (χ2n) is 1.48. The summed E-state index contributed by atoms with van der Waals surface area (Å²) in [4.78, 5) is 0. The van der Waals surface area contributed by atoms with Gasteiger partial charge in [-0.25, -0.2) is 0 Å². The number of nitrogens with one attached hydrogen (secondary N) is 2. The lowest BCUT2D eigenvalue weighted by Gasteiger charge is -1.82. The molecule has 0 saturated heterocycles. The first-order valence-corrected chi connectivity index (χ1v) is 2.64. The Morgan fingerprint density at radius 3 is 2.62 bits per heavy atom. The Morgan fingerprint density at radius 2 is 2.12 bits per heavy atom. The molecule has 0 amide bonds. The van der Waals surface area contributed by atoms with Crippen LogP contribution in [0.15, 0.2) is 6.08 Å². The zero-order valence-corrected chi connectivity index (χ0v) is 4.78. The van der Waals surface area contributed by atoms with E-state index in [2.05, 4.69) is 5.87 Å². The molecule has 2 nitrogen and oxygen atoms in total. The van der Waals surface area contributed by atoms with Gasteiger partial charge in [-0.05, 0) is 37.4 Å². The fourth-order valence-corrected chi connectivity index (χ4v) is 0.394. The van der Waals surface area contributed by atoms with Gasteiger partial charge in [0.1, 0.15) is 0 Å². The molecule has 0 bridgehead atoms. The SMILES string of the molecule is N=C=CCCCC=N. The summed E-state index contributed by atoms with van der Waals surface area (Å²) in [5.41, 5.74) is 0. The first kappa shape index (κ1) is 7.12. The van der Waals surface area contributed by atoms with Gasteiger partial charge in [0.15, 0.2) is 0 Å². The average Bonchev–Trinajstić information content (AvgIpc) is 1.81. The van der Waals surface area contributed by atoms with Crippen molar-refractivity contribution in [3.8, 4) is 0 Å². The monoisotopic (exact) mass is 110 g/mol. The van der Waals surface area contributed by atoms with Crippen molar-refractivity contribution in [2.75, 3.05) is 0 Å². The lowest BCUT2D eigenvalue weighted by Crippen LogP contribution is -1.72. The van der Waals surface area contributed by atoms with Gasteiger partial charge in [-0.3, -0.25) is 5.41 Å². The molecule has 0 rings (SSSR count). The predicted molar refractivity (Wildman–Crippen MR) is 34.9 cm³/mol. The van der Waals surface area contributed by atoms with Crippen LogP contribution in [0.25, 0.3) is 0 Å². The highest BCUT2D eigenvalue weighted by molar-refractivity contribution is 5.53. The standard InChI is InChI=1S/C6H10N2/c7-5-3-1-2-4-6-8/h3,6-8H,1-2,4H2. The van der Waals surface area contributed by atoms with E-state index in [9.17, 15) is 0 Å². The van der Waals surface area contributed by atoms with E-state index < -0.39 is 0 Å². The molecule has 0 aromatic carbocycles. The van der Waals surface area contributed by atoms with E-state index >= 15 is 0 Å². The molecule has 0 atom stereocenters. The van der Waals surface area contributed by atoms with E-state index in [1.807, 2.05) is 0 Å². The van der Waals surface area contributed by atoms with Gasteiger partial charge in [-0.2, -0.15) is 0 Å². The van der Waals surface area contributed by atoms with E-state index in [-0.39, 0.29) is 0 Å².